The lowest BCUT2D eigenvalue weighted by atomic mass is 10.1. The zero-order chi connectivity index (χ0) is 16.2. The topological polar surface area (TPSA) is 80.3 Å². The maximum Gasteiger partial charge on any atom is 0.433 e. The Morgan fingerprint density at radius 1 is 1.38 bits per heavy atom. The van der Waals surface area contributed by atoms with E-state index < -0.39 is 29.6 Å². The molecule has 21 heavy (non-hydrogen) atoms. The highest BCUT2D eigenvalue weighted by atomic mass is 19.4. The van der Waals surface area contributed by atoms with Crippen LogP contribution in [0.4, 0.5) is 19.0 Å². The average Bonchev–Trinajstić information content (AvgIpc) is 2.34. The number of hydrogen-bond acceptors (Lipinski definition) is 5. The Labute approximate surface area is 118 Å². The lowest BCUT2D eigenvalue weighted by Gasteiger charge is -2.15. The fourth-order valence-corrected chi connectivity index (χ4v) is 1.52. The third-order valence-electron chi connectivity index (χ3n) is 2.34. The number of pyridine rings is 1. The van der Waals surface area contributed by atoms with Crippen LogP contribution in [0.1, 0.15) is 35.5 Å². The largest absolute Gasteiger partial charge is 0.462 e. The number of rotatable bonds is 4. The number of ether oxygens (including phenoxy) is 1. The minimum atomic E-state index is -4.68. The quantitative estimate of drug-likeness (QED) is 0.657. The summed E-state index contributed by atoms with van der Waals surface area (Å²) >= 11 is 0. The molecule has 116 valence electrons. The van der Waals surface area contributed by atoms with Gasteiger partial charge in [-0.3, -0.25) is 15.6 Å². The van der Waals surface area contributed by atoms with E-state index in [9.17, 15) is 22.8 Å². The van der Waals surface area contributed by atoms with Gasteiger partial charge in [-0.05, 0) is 25.5 Å². The highest BCUT2D eigenvalue weighted by Crippen LogP contribution is 2.31. The molecule has 0 saturated carbocycles. The summed E-state index contributed by atoms with van der Waals surface area (Å²) in [6.07, 6.45) is -4.68. The number of amides is 1. The number of hydrogen-bond donors (Lipinski definition) is 2. The van der Waals surface area contributed by atoms with Crippen molar-refractivity contribution in [2.75, 3.05) is 12.0 Å². The summed E-state index contributed by atoms with van der Waals surface area (Å²) in [6, 6.07) is 0.741. The Hall–Kier alpha value is -2.32. The molecule has 0 aliphatic heterocycles. The van der Waals surface area contributed by atoms with Gasteiger partial charge in [-0.25, -0.2) is 9.78 Å². The van der Waals surface area contributed by atoms with Crippen molar-refractivity contribution >= 4 is 17.7 Å². The van der Waals surface area contributed by atoms with Crippen molar-refractivity contribution in [2.24, 2.45) is 0 Å². The Morgan fingerprint density at radius 2 is 2.00 bits per heavy atom. The molecule has 0 aliphatic carbocycles. The number of aryl methyl sites for hydroxylation is 1. The standard InChI is InChI=1S/C12H14F3N3O3/c1-4-21-11(20)9-6(2)5-8(12(13,14)15)16-10(9)18-17-7(3)19/h5H,4H2,1-3H3,(H,16,18)(H,17,19). The second-order valence-corrected chi connectivity index (χ2v) is 4.07. The van der Waals surface area contributed by atoms with Gasteiger partial charge in [0.25, 0.3) is 0 Å². The van der Waals surface area contributed by atoms with Gasteiger partial charge in [-0.2, -0.15) is 13.2 Å². The monoisotopic (exact) mass is 305 g/mol. The van der Waals surface area contributed by atoms with Gasteiger partial charge in [0.15, 0.2) is 5.82 Å². The number of alkyl halides is 3. The SMILES string of the molecule is CCOC(=O)c1c(C)cc(C(F)(F)F)nc1NNC(C)=O. The molecule has 1 rings (SSSR count). The van der Waals surface area contributed by atoms with Crippen molar-refractivity contribution in [3.63, 3.8) is 0 Å². The summed E-state index contributed by atoms with van der Waals surface area (Å²) in [6.45, 7) is 4.09. The number of carbonyl (C=O) groups excluding carboxylic acids is 2. The summed E-state index contributed by atoms with van der Waals surface area (Å²) < 4.78 is 43.0. The number of halogens is 3. The minimum Gasteiger partial charge on any atom is -0.462 e. The number of anilines is 1. The Bertz CT molecular complexity index is 559. The van der Waals surface area contributed by atoms with Gasteiger partial charge in [-0.15, -0.1) is 0 Å². The molecule has 1 amide bonds. The van der Waals surface area contributed by atoms with E-state index in [0.717, 1.165) is 13.0 Å². The first-order chi connectivity index (χ1) is 9.66. The normalized spacial score (nSPS) is 11.0. The molecular formula is C12H14F3N3O3. The number of carbonyl (C=O) groups is 2. The molecule has 0 saturated heterocycles. The van der Waals surface area contributed by atoms with Crippen LogP contribution in [0.2, 0.25) is 0 Å². The minimum absolute atomic E-state index is 0.0311. The summed E-state index contributed by atoms with van der Waals surface area (Å²) in [4.78, 5) is 26.0. The van der Waals surface area contributed by atoms with Gasteiger partial charge >= 0.3 is 12.1 Å². The molecule has 2 N–H and O–H groups in total. The lowest BCUT2D eigenvalue weighted by molar-refractivity contribution is -0.141. The molecule has 0 aromatic carbocycles. The van der Waals surface area contributed by atoms with Crippen molar-refractivity contribution in [1.29, 1.82) is 0 Å². The molecule has 0 fully saturated rings. The van der Waals surface area contributed by atoms with Crippen molar-refractivity contribution in [3.8, 4) is 0 Å². The van der Waals surface area contributed by atoms with Crippen LogP contribution in [-0.4, -0.2) is 23.5 Å². The Kier molecular flexibility index (Phi) is 5.12. The number of hydrazine groups is 1. The first kappa shape index (κ1) is 16.7. The van der Waals surface area contributed by atoms with Gasteiger partial charge in [0.2, 0.25) is 5.91 Å². The van der Waals surface area contributed by atoms with Crippen molar-refractivity contribution < 1.29 is 27.5 Å². The molecule has 0 spiro atoms. The first-order valence-corrected chi connectivity index (χ1v) is 5.95. The van der Waals surface area contributed by atoms with Crippen LogP contribution >= 0.6 is 0 Å². The number of esters is 1. The van der Waals surface area contributed by atoms with E-state index in [1.54, 1.807) is 6.92 Å². The van der Waals surface area contributed by atoms with Gasteiger partial charge in [0, 0.05) is 6.92 Å². The van der Waals surface area contributed by atoms with Gasteiger partial charge in [-0.1, -0.05) is 0 Å². The van der Waals surface area contributed by atoms with Crippen LogP contribution in [0.5, 0.6) is 0 Å². The van der Waals surface area contributed by atoms with Gasteiger partial charge < -0.3 is 4.74 Å². The van der Waals surface area contributed by atoms with E-state index in [1.165, 1.54) is 6.92 Å². The molecule has 6 nitrogen and oxygen atoms in total. The van der Waals surface area contributed by atoms with E-state index in [0.29, 0.717) is 0 Å². The second-order valence-electron chi connectivity index (χ2n) is 4.07. The van der Waals surface area contributed by atoms with Gasteiger partial charge in [0.1, 0.15) is 11.3 Å². The smallest absolute Gasteiger partial charge is 0.433 e. The summed E-state index contributed by atoms with van der Waals surface area (Å²) in [5.41, 5.74) is 2.96. The number of nitrogens with zero attached hydrogens (tertiary/aromatic N) is 1. The fraction of sp³-hybridized carbons (Fsp3) is 0.417. The molecule has 0 radical (unpaired) electrons. The van der Waals surface area contributed by atoms with E-state index in [1.807, 2.05) is 0 Å². The zero-order valence-electron chi connectivity index (χ0n) is 11.6. The summed E-state index contributed by atoms with van der Waals surface area (Å²) in [5, 5.41) is 0. The first-order valence-electron chi connectivity index (χ1n) is 5.95. The molecule has 0 aliphatic rings. The Morgan fingerprint density at radius 3 is 2.48 bits per heavy atom. The van der Waals surface area contributed by atoms with E-state index in [4.69, 9.17) is 4.74 Å². The van der Waals surface area contributed by atoms with Crippen LogP contribution in [0.15, 0.2) is 6.07 Å². The zero-order valence-corrected chi connectivity index (χ0v) is 11.6. The van der Waals surface area contributed by atoms with Crippen LogP contribution in [-0.2, 0) is 15.7 Å². The van der Waals surface area contributed by atoms with E-state index >= 15 is 0 Å². The van der Waals surface area contributed by atoms with E-state index in [2.05, 4.69) is 15.8 Å². The maximum absolute atomic E-state index is 12.7. The molecule has 9 heteroatoms. The fourth-order valence-electron chi connectivity index (χ4n) is 1.52. The molecule has 1 aromatic rings. The summed E-state index contributed by atoms with van der Waals surface area (Å²) in [5.74, 6) is -1.80. The van der Waals surface area contributed by atoms with Crippen molar-refractivity contribution in [3.05, 3.63) is 22.9 Å². The third kappa shape index (κ3) is 4.33. The van der Waals surface area contributed by atoms with Crippen LogP contribution in [0.3, 0.4) is 0 Å². The molecule has 0 unspecified atom stereocenters. The third-order valence-corrected chi connectivity index (χ3v) is 2.34. The predicted octanol–water partition coefficient (Wildman–Crippen LogP) is 2.05. The lowest BCUT2D eigenvalue weighted by Crippen LogP contribution is -2.29. The number of nitrogens with one attached hydrogen (secondary N) is 2. The van der Waals surface area contributed by atoms with Crippen LogP contribution in [0, 0.1) is 6.92 Å². The van der Waals surface area contributed by atoms with E-state index in [-0.39, 0.29) is 17.7 Å². The van der Waals surface area contributed by atoms with Crippen LogP contribution in [0.25, 0.3) is 0 Å². The van der Waals surface area contributed by atoms with Gasteiger partial charge in [0.05, 0.1) is 6.61 Å². The Balaban J connectivity index is 3.33. The molecular weight excluding hydrogens is 291 g/mol. The molecule has 1 heterocycles. The van der Waals surface area contributed by atoms with Crippen LogP contribution < -0.4 is 10.9 Å². The molecule has 0 atom stereocenters. The summed E-state index contributed by atoms with van der Waals surface area (Å²) in [7, 11) is 0. The predicted molar refractivity (Wildman–Crippen MR) is 67.4 cm³/mol. The average molecular weight is 305 g/mol. The van der Waals surface area contributed by atoms with Crippen molar-refractivity contribution in [2.45, 2.75) is 26.9 Å². The second kappa shape index (κ2) is 6.42. The van der Waals surface area contributed by atoms with Crippen molar-refractivity contribution in [1.82, 2.24) is 10.4 Å². The molecule has 1 aromatic heterocycles. The number of aromatic nitrogens is 1. The molecule has 0 bridgehead atoms. The highest BCUT2D eigenvalue weighted by molar-refractivity contribution is 5.96. The maximum atomic E-state index is 12.7. The highest BCUT2D eigenvalue weighted by Gasteiger charge is 2.34.